The van der Waals surface area contributed by atoms with Crippen molar-refractivity contribution in [3.63, 3.8) is 0 Å². The van der Waals surface area contributed by atoms with Gasteiger partial charge in [-0.1, -0.05) is 26.0 Å². The van der Waals surface area contributed by atoms with Gasteiger partial charge in [0.1, 0.15) is 6.04 Å². The van der Waals surface area contributed by atoms with Crippen LogP contribution in [0.2, 0.25) is 0 Å². The van der Waals surface area contributed by atoms with Gasteiger partial charge in [0.15, 0.2) is 0 Å². The number of hydrogen-bond acceptors (Lipinski definition) is 3. The zero-order valence-corrected chi connectivity index (χ0v) is 20.4. The molecule has 0 radical (unpaired) electrons. The molecule has 0 spiro atoms. The molecule has 1 atom stereocenters. The number of anilines is 1. The summed E-state index contributed by atoms with van der Waals surface area (Å²) in [6.45, 7) is 4.40. The molecule has 2 rings (SSSR count). The average molecular weight is 422 g/mol. The summed E-state index contributed by atoms with van der Waals surface area (Å²) in [6, 6.07) is 7.94. The predicted molar refractivity (Wildman–Crippen MR) is 86.0 cm³/mol. The zero-order valence-electron chi connectivity index (χ0n) is 14.1. The number of piperidine rings is 1. The fraction of sp³-hybridized carbons (Fsp3) is 0.471. The van der Waals surface area contributed by atoms with E-state index >= 15 is 0 Å². The Balaban J connectivity index is 0.00000220. The van der Waals surface area contributed by atoms with E-state index in [0.717, 1.165) is 18.5 Å². The van der Waals surface area contributed by atoms with Crippen molar-refractivity contribution in [2.45, 2.75) is 51.5 Å². The minimum atomic E-state index is -0.313. The minimum absolute atomic E-state index is 0. The van der Waals surface area contributed by atoms with E-state index in [-0.39, 0.29) is 94.2 Å². The van der Waals surface area contributed by atoms with Crippen LogP contribution in [0, 0.1) is 7.43 Å². The van der Waals surface area contributed by atoms with E-state index in [1.807, 2.05) is 12.1 Å². The van der Waals surface area contributed by atoms with Crippen LogP contribution in [0.15, 0.2) is 24.3 Å². The second kappa shape index (κ2) is 10.9. The van der Waals surface area contributed by atoms with Crippen LogP contribution in [0.25, 0.3) is 0 Å². The fourth-order valence-electron chi connectivity index (χ4n) is 2.64. The summed E-state index contributed by atoms with van der Waals surface area (Å²) >= 11 is 0. The predicted octanol–water partition coefficient (Wildman–Crippen LogP) is 0.262. The molecule has 2 N–H and O–H groups in total. The molecule has 22 heavy (non-hydrogen) atoms. The van der Waals surface area contributed by atoms with E-state index in [1.165, 1.54) is 5.56 Å². The smallest absolute Gasteiger partial charge is 0.374 e. The average Bonchev–Trinajstić information content (AvgIpc) is 2.45. The van der Waals surface area contributed by atoms with Crippen LogP contribution in [0.5, 0.6) is 0 Å². The van der Waals surface area contributed by atoms with E-state index in [0.29, 0.717) is 18.8 Å². The van der Waals surface area contributed by atoms with E-state index in [1.54, 1.807) is 0 Å². The van der Waals surface area contributed by atoms with Crippen LogP contribution in [0.1, 0.15) is 51.0 Å². The number of carbonyl (C=O) groups is 2. The molecule has 116 valence electrons. The summed E-state index contributed by atoms with van der Waals surface area (Å²) < 4.78 is 0. The quantitative estimate of drug-likeness (QED) is 0.529. The van der Waals surface area contributed by atoms with Crippen molar-refractivity contribution in [1.82, 2.24) is 5.32 Å². The Kier molecular flexibility index (Phi) is 11.0. The van der Waals surface area contributed by atoms with E-state index in [4.69, 9.17) is 0 Å². The first-order valence-electron chi connectivity index (χ1n) is 7.34. The normalized spacial score (nSPS) is 17.3. The van der Waals surface area contributed by atoms with Gasteiger partial charge in [-0.3, -0.25) is 14.9 Å². The van der Waals surface area contributed by atoms with Gasteiger partial charge < -0.3 is 12.7 Å². The molecule has 0 bridgehead atoms. The Labute approximate surface area is 192 Å². The zero-order chi connectivity index (χ0) is 14.5. The van der Waals surface area contributed by atoms with Crippen molar-refractivity contribution < 1.29 is 78.5 Å². The molecule has 1 aromatic rings. The Hall–Kier alpha value is 0.212. The van der Waals surface area contributed by atoms with Gasteiger partial charge in [0.2, 0.25) is 11.8 Å². The van der Waals surface area contributed by atoms with Crippen molar-refractivity contribution in [3.05, 3.63) is 37.3 Å². The van der Waals surface area contributed by atoms with Crippen molar-refractivity contribution in [3.8, 4) is 0 Å². The van der Waals surface area contributed by atoms with Gasteiger partial charge in [-0.25, -0.2) is 0 Å². The Morgan fingerprint density at radius 2 is 1.77 bits per heavy atom. The van der Waals surface area contributed by atoms with Crippen LogP contribution in [0.4, 0.5) is 5.69 Å². The Morgan fingerprint density at radius 1 is 1.18 bits per heavy atom. The van der Waals surface area contributed by atoms with E-state index < -0.39 is 0 Å². The molecule has 0 aliphatic carbocycles. The Bertz CT molecular complexity index is 484. The molecule has 5 heteroatoms. The van der Waals surface area contributed by atoms with Crippen LogP contribution < -0.4 is 79.5 Å². The molecular weight excluding hydrogens is 397 g/mol. The van der Waals surface area contributed by atoms with Gasteiger partial charge in [0.05, 0.1) is 0 Å². The summed E-state index contributed by atoms with van der Waals surface area (Å²) in [5.41, 5.74) is 2.26. The number of hydrogen-bond donors (Lipinski definition) is 2. The van der Waals surface area contributed by atoms with Crippen molar-refractivity contribution >= 4 is 17.5 Å². The van der Waals surface area contributed by atoms with Crippen LogP contribution in [-0.2, 0) is 9.59 Å². The maximum atomic E-state index is 11.7. The third-order valence-corrected chi connectivity index (χ3v) is 3.95. The van der Waals surface area contributed by atoms with Gasteiger partial charge in [0.25, 0.3) is 0 Å². The SMILES string of the molecule is CCC(CC)c1ccc(NC2CCC(=O)NC2=O)cc1.[CH3-].[Cs+]. The molecule has 2 amide bonds. The first-order chi connectivity index (χ1) is 9.63. The number of amides is 2. The maximum absolute atomic E-state index is 11.7. The van der Waals surface area contributed by atoms with E-state index in [9.17, 15) is 9.59 Å². The molecule has 4 nitrogen and oxygen atoms in total. The molecule has 1 aliphatic heterocycles. The first-order valence-corrected chi connectivity index (χ1v) is 7.34. The molecular formula is C17H25CsN2O2. The standard InChI is InChI=1S/C16H22N2O2.CH3.Cs/c1-3-11(4-2)12-5-7-13(8-6-12)17-14-9-10-15(19)18-16(14)20;;/h5-8,11,14,17H,3-4,9-10H2,1-2H3,(H,18,19,20);1H3;/q;-1;+1. The maximum Gasteiger partial charge on any atom is 1.00 e. The van der Waals surface area contributed by atoms with Crippen molar-refractivity contribution in [2.75, 3.05) is 5.32 Å². The molecule has 1 fully saturated rings. The summed E-state index contributed by atoms with van der Waals surface area (Å²) in [4.78, 5) is 22.8. The summed E-state index contributed by atoms with van der Waals surface area (Å²) in [6.07, 6.45) is 3.22. The summed E-state index contributed by atoms with van der Waals surface area (Å²) in [5.74, 6) is 0.183. The molecule has 1 saturated heterocycles. The minimum Gasteiger partial charge on any atom is -0.374 e. The Morgan fingerprint density at radius 3 is 2.27 bits per heavy atom. The second-order valence-electron chi connectivity index (χ2n) is 5.28. The number of imide groups is 1. The third kappa shape index (κ3) is 6.02. The van der Waals surface area contributed by atoms with Gasteiger partial charge >= 0.3 is 68.9 Å². The fourth-order valence-corrected chi connectivity index (χ4v) is 2.64. The van der Waals surface area contributed by atoms with Crippen LogP contribution in [0.3, 0.4) is 0 Å². The summed E-state index contributed by atoms with van der Waals surface area (Å²) in [5, 5.41) is 5.55. The van der Waals surface area contributed by atoms with Crippen LogP contribution >= 0.6 is 0 Å². The van der Waals surface area contributed by atoms with E-state index in [2.05, 4.69) is 36.6 Å². The molecule has 1 aromatic carbocycles. The molecule has 0 saturated carbocycles. The second-order valence-corrected chi connectivity index (χ2v) is 5.28. The largest absolute Gasteiger partial charge is 1.00 e. The van der Waals surface area contributed by atoms with Crippen molar-refractivity contribution in [2.24, 2.45) is 0 Å². The number of carbonyl (C=O) groups excluding carboxylic acids is 2. The van der Waals surface area contributed by atoms with Gasteiger partial charge in [-0.2, -0.15) is 0 Å². The number of rotatable bonds is 5. The van der Waals surface area contributed by atoms with Crippen LogP contribution in [-0.4, -0.2) is 17.9 Å². The molecule has 0 aromatic heterocycles. The van der Waals surface area contributed by atoms with Gasteiger partial charge in [0, 0.05) is 12.1 Å². The molecule has 1 aliphatic rings. The third-order valence-electron chi connectivity index (χ3n) is 3.95. The van der Waals surface area contributed by atoms with Gasteiger partial charge in [-0.15, -0.1) is 0 Å². The topological polar surface area (TPSA) is 58.2 Å². The molecule has 1 heterocycles. The monoisotopic (exact) mass is 422 g/mol. The molecule has 1 unspecified atom stereocenters. The first kappa shape index (κ1) is 22.2. The number of nitrogens with one attached hydrogen (secondary N) is 2. The number of benzene rings is 1. The van der Waals surface area contributed by atoms with Gasteiger partial charge in [-0.05, 0) is 42.9 Å². The van der Waals surface area contributed by atoms with Crippen molar-refractivity contribution in [1.29, 1.82) is 0 Å². The summed E-state index contributed by atoms with van der Waals surface area (Å²) in [7, 11) is 0.